The molecule has 0 bridgehead atoms. The maximum Gasteiger partial charge on any atom is 0.258 e. The molecule has 3 aromatic rings. The molecule has 0 aliphatic heterocycles. The van der Waals surface area contributed by atoms with Gasteiger partial charge in [0.15, 0.2) is 6.61 Å². The lowest BCUT2D eigenvalue weighted by molar-refractivity contribution is -0.123. The van der Waals surface area contributed by atoms with E-state index in [1.807, 2.05) is 42.1 Å². The van der Waals surface area contributed by atoms with Gasteiger partial charge in [-0.1, -0.05) is 30.9 Å². The smallest absolute Gasteiger partial charge is 0.258 e. The average Bonchev–Trinajstić information content (AvgIpc) is 3.31. The fourth-order valence-corrected chi connectivity index (χ4v) is 4.86. The van der Waals surface area contributed by atoms with Crippen molar-refractivity contribution in [3.63, 3.8) is 0 Å². The Labute approximate surface area is 211 Å². The van der Waals surface area contributed by atoms with Gasteiger partial charge >= 0.3 is 0 Å². The molecular weight excluding hydrogens is 466 g/mol. The first-order chi connectivity index (χ1) is 17.0. The van der Waals surface area contributed by atoms with Crippen molar-refractivity contribution in [1.29, 1.82) is 0 Å². The van der Waals surface area contributed by atoms with Gasteiger partial charge in [-0.3, -0.25) is 4.79 Å². The van der Waals surface area contributed by atoms with E-state index in [9.17, 15) is 4.79 Å². The molecule has 1 heterocycles. The van der Waals surface area contributed by atoms with E-state index in [1.165, 1.54) is 19.3 Å². The van der Waals surface area contributed by atoms with Gasteiger partial charge < -0.3 is 24.1 Å². The first kappa shape index (κ1) is 24.9. The summed E-state index contributed by atoms with van der Waals surface area (Å²) in [6.45, 7) is -0.122. The number of benzene rings is 2. The first-order valence-electron chi connectivity index (χ1n) is 11.9. The maximum absolute atomic E-state index is 13.1. The van der Waals surface area contributed by atoms with Gasteiger partial charge in [0.1, 0.15) is 29.1 Å². The van der Waals surface area contributed by atoms with E-state index < -0.39 is 6.04 Å². The zero-order valence-corrected chi connectivity index (χ0v) is 21.2. The number of carbonyl (C=O) groups is 1. The maximum atomic E-state index is 13.1. The molecule has 1 aliphatic carbocycles. The Morgan fingerprint density at radius 3 is 2.46 bits per heavy atom. The highest BCUT2D eigenvalue weighted by atomic mass is 35.5. The van der Waals surface area contributed by atoms with Gasteiger partial charge in [-0.05, 0) is 60.2 Å². The normalized spacial score (nSPS) is 14.9. The van der Waals surface area contributed by atoms with Crippen molar-refractivity contribution in [1.82, 2.24) is 14.9 Å². The van der Waals surface area contributed by atoms with Crippen molar-refractivity contribution in [3.05, 3.63) is 70.8 Å². The summed E-state index contributed by atoms with van der Waals surface area (Å²) in [5.74, 6) is 2.80. The minimum Gasteiger partial charge on any atom is -0.497 e. The Hall–Kier alpha value is -3.19. The second kappa shape index (κ2) is 11.5. The molecule has 1 N–H and O–H groups in total. The highest BCUT2D eigenvalue weighted by Crippen LogP contribution is 2.39. The summed E-state index contributed by atoms with van der Waals surface area (Å²) in [5.41, 5.74) is 1.88. The van der Waals surface area contributed by atoms with Gasteiger partial charge in [-0.2, -0.15) is 0 Å². The van der Waals surface area contributed by atoms with Crippen LogP contribution in [0.1, 0.15) is 61.0 Å². The zero-order chi connectivity index (χ0) is 24.8. The van der Waals surface area contributed by atoms with Gasteiger partial charge in [0, 0.05) is 30.5 Å². The summed E-state index contributed by atoms with van der Waals surface area (Å²) < 4.78 is 18.8. The topological polar surface area (TPSA) is 74.6 Å². The number of carbonyl (C=O) groups excluding carboxylic acids is 1. The summed E-state index contributed by atoms with van der Waals surface area (Å²) >= 11 is 6.29. The van der Waals surface area contributed by atoms with Crippen molar-refractivity contribution >= 4 is 17.5 Å². The number of aromatic nitrogens is 2. The van der Waals surface area contributed by atoms with Crippen molar-refractivity contribution in [3.8, 4) is 17.2 Å². The van der Waals surface area contributed by atoms with Crippen LogP contribution in [0.2, 0.25) is 5.02 Å². The van der Waals surface area contributed by atoms with Crippen LogP contribution in [0.5, 0.6) is 17.2 Å². The SMILES string of the molecule is COc1cc(OC)cc(C(NC(=O)COc2ccc(Cl)cc2C2CCCCC2)c2nccn2C)c1. The fraction of sp³-hybridized carbons (Fsp3) is 0.407. The molecule has 1 amide bonds. The number of nitrogens with one attached hydrogen (secondary N) is 1. The molecule has 1 unspecified atom stereocenters. The molecule has 4 rings (SSSR count). The van der Waals surface area contributed by atoms with Crippen LogP contribution in [0.4, 0.5) is 0 Å². The number of imidazole rings is 1. The minimum atomic E-state index is -0.516. The van der Waals surface area contributed by atoms with Crippen LogP contribution < -0.4 is 19.5 Å². The summed E-state index contributed by atoms with van der Waals surface area (Å²) in [4.78, 5) is 17.6. The highest BCUT2D eigenvalue weighted by Gasteiger charge is 2.24. The van der Waals surface area contributed by atoms with E-state index in [0.29, 0.717) is 34.0 Å². The third-order valence-corrected chi connectivity index (χ3v) is 6.74. The van der Waals surface area contributed by atoms with Gasteiger partial charge in [-0.25, -0.2) is 4.98 Å². The number of methoxy groups -OCH3 is 2. The summed E-state index contributed by atoms with van der Waals surface area (Å²) in [5, 5.41) is 3.76. The Balaban J connectivity index is 1.54. The van der Waals surface area contributed by atoms with E-state index >= 15 is 0 Å². The van der Waals surface area contributed by atoms with E-state index in [-0.39, 0.29) is 12.5 Å². The van der Waals surface area contributed by atoms with Crippen molar-refractivity contribution in [2.45, 2.75) is 44.1 Å². The second-order valence-corrected chi connectivity index (χ2v) is 9.29. The van der Waals surface area contributed by atoms with Crippen LogP contribution in [-0.4, -0.2) is 36.3 Å². The third-order valence-electron chi connectivity index (χ3n) is 6.50. The number of aryl methyl sites for hydroxylation is 1. The number of hydrogen-bond donors (Lipinski definition) is 1. The predicted molar refractivity (Wildman–Crippen MR) is 136 cm³/mol. The molecular formula is C27H32ClN3O4. The van der Waals surface area contributed by atoms with Crippen LogP contribution in [0.15, 0.2) is 48.8 Å². The van der Waals surface area contributed by atoms with Crippen LogP contribution in [0.25, 0.3) is 0 Å². The van der Waals surface area contributed by atoms with Crippen molar-refractivity contribution in [2.24, 2.45) is 7.05 Å². The standard InChI is InChI=1S/C27H32ClN3O4/c1-31-12-11-29-27(31)26(19-13-21(33-2)16-22(14-19)34-3)30-25(32)17-35-24-10-9-20(28)15-23(24)18-7-5-4-6-8-18/h9-16,18,26H,4-8,17H2,1-3H3,(H,30,32). The number of ether oxygens (including phenoxy) is 3. The molecule has 7 nitrogen and oxygen atoms in total. The number of nitrogens with zero attached hydrogens (tertiary/aromatic N) is 2. The summed E-state index contributed by atoms with van der Waals surface area (Å²) in [6.07, 6.45) is 9.43. The molecule has 1 aromatic heterocycles. The molecule has 8 heteroatoms. The molecule has 1 saturated carbocycles. The molecule has 1 aliphatic rings. The van der Waals surface area contributed by atoms with Crippen molar-refractivity contribution < 1.29 is 19.0 Å². The lowest BCUT2D eigenvalue weighted by Gasteiger charge is -2.25. The van der Waals surface area contributed by atoms with Crippen LogP contribution in [0, 0.1) is 0 Å². The molecule has 1 fully saturated rings. The Morgan fingerprint density at radius 1 is 1.11 bits per heavy atom. The quantitative estimate of drug-likeness (QED) is 0.427. The third kappa shape index (κ3) is 6.09. The second-order valence-electron chi connectivity index (χ2n) is 8.85. The predicted octanol–water partition coefficient (Wildman–Crippen LogP) is 5.42. The molecule has 0 radical (unpaired) electrons. The number of rotatable bonds is 9. The number of hydrogen-bond acceptors (Lipinski definition) is 5. The van der Waals surface area contributed by atoms with E-state index in [4.69, 9.17) is 25.8 Å². The zero-order valence-electron chi connectivity index (χ0n) is 20.4. The molecule has 35 heavy (non-hydrogen) atoms. The number of halogens is 1. The lowest BCUT2D eigenvalue weighted by Crippen LogP contribution is -2.34. The molecule has 186 valence electrons. The monoisotopic (exact) mass is 497 g/mol. The first-order valence-corrected chi connectivity index (χ1v) is 12.3. The molecule has 0 spiro atoms. The Morgan fingerprint density at radius 2 is 1.83 bits per heavy atom. The van der Waals surface area contributed by atoms with E-state index in [1.54, 1.807) is 32.5 Å². The number of amides is 1. The fourth-order valence-electron chi connectivity index (χ4n) is 4.68. The van der Waals surface area contributed by atoms with Crippen LogP contribution >= 0.6 is 11.6 Å². The Kier molecular flexibility index (Phi) is 8.18. The summed E-state index contributed by atoms with van der Waals surface area (Å²) in [6, 6.07) is 10.6. The molecule has 2 aromatic carbocycles. The largest absolute Gasteiger partial charge is 0.497 e. The van der Waals surface area contributed by atoms with Gasteiger partial charge in [-0.15, -0.1) is 0 Å². The van der Waals surface area contributed by atoms with Gasteiger partial charge in [0.25, 0.3) is 5.91 Å². The minimum absolute atomic E-state index is 0.122. The van der Waals surface area contributed by atoms with Gasteiger partial charge in [0.2, 0.25) is 0 Å². The van der Waals surface area contributed by atoms with E-state index in [0.717, 1.165) is 24.0 Å². The summed E-state index contributed by atoms with van der Waals surface area (Å²) in [7, 11) is 5.08. The van der Waals surface area contributed by atoms with Crippen LogP contribution in [0.3, 0.4) is 0 Å². The highest BCUT2D eigenvalue weighted by molar-refractivity contribution is 6.30. The molecule has 0 saturated heterocycles. The Bertz CT molecular complexity index is 1130. The lowest BCUT2D eigenvalue weighted by atomic mass is 9.84. The van der Waals surface area contributed by atoms with Crippen molar-refractivity contribution in [2.75, 3.05) is 20.8 Å². The van der Waals surface area contributed by atoms with E-state index in [2.05, 4.69) is 10.3 Å². The average molecular weight is 498 g/mol. The molecule has 1 atom stereocenters. The van der Waals surface area contributed by atoms with Crippen LogP contribution in [-0.2, 0) is 11.8 Å². The van der Waals surface area contributed by atoms with Gasteiger partial charge in [0.05, 0.1) is 14.2 Å².